The third kappa shape index (κ3) is 6.45. The Balaban J connectivity index is 0.831. The van der Waals surface area contributed by atoms with Gasteiger partial charge in [0.25, 0.3) is 11.8 Å². The molecule has 2 aromatic carbocycles. The SMILES string of the molecule is CN1C(=O)CCc2cc(Nc3nc(N4CCN(CC5CCN(c6ccc7c(c6)C(=O)N(C6CCC(=O)NC6=O)C7=O)CC5)CC4)ncc3Cl)ccc21. The van der Waals surface area contributed by atoms with Crippen LogP contribution in [0.3, 0.4) is 0 Å². The molecule has 1 aromatic heterocycles. The number of anilines is 5. The first-order chi connectivity index (χ1) is 25.1. The van der Waals surface area contributed by atoms with Crippen LogP contribution in [-0.2, 0) is 20.8 Å². The summed E-state index contributed by atoms with van der Waals surface area (Å²) in [6.45, 7) is 6.10. The summed E-state index contributed by atoms with van der Waals surface area (Å²) in [5.41, 5.74) is 4.40. The van der Waals surface area contributed by atoms with Gasteiger partial charge in [-0.3, -0.25) is 39.1 Å². The van der Waals surface area contributed by atoms with Crippen LogP contribution < -0.4 is 25.3 Å². The Bertz CT molecular complexity index is 1970. The van der Waals surface area contributed by atoms with Crippen molar-refractivity contribution >= 4 is 70.0 Å². The van der Waals surface area contributed by atoms with E-state index in [9.17, 15) is 24.0 Å². The predicted molar refractivity (Wildman–Crippen MR) is 195 cm³/mol. The van der Waals surface area contributed by atoms with Gasteiger partial charge in [-0.25, -0.2) is 4.98 Å². The molecule has 15 heteroatoms. The number of nitrogens with zero attached hydrogens (tertiary/aromatic N) is 7. The normalized spacial score (nSPS) is 21.4. The van der Waals surface area contributed by atoms with E-state index in [2.05, 4.69) is 30.3 Å². The standard InChI is InChI=1S/C37H40ClN9O5/c1-43-29-6-3-24(18-23(29)2-9-32(43)49)40-33-28(38)20-39-37(42-33)46-16-14-44(15-17-46)21-22-10-12-45(13-11-22)25-4-5-26-27(19-25)36(52)47(35(26)51)30-7-8-31(48)41-34(30)50/h3-6,18-20,22,30H,2,7-17,21H2,1H3,(H,39,40,42)(H,41,48,50). The zero-order valence-corrected chi connectivity index (χ0v) is 29.7. The van der Waals surface area contributed by atoms with Crippen molar-refractivity contribution < 1.29 is 24.0 Å². The number of imide groups is 2. The van der Waals surface area contributed by atoms with Gasteiger partial charge in [0.2, 0.25) is 23.7 Å². The number of carbonyl (C=O) groups is 5. The van der Waals surface area contributed by atoms with Crippen molar-refractivity contribution in [3.05, 3.63) is 64.3 Å². The number of amides is 5. The summed E-state index contributed by atoms with van der Waals surface area (Å²) in [6.07, 6.45) is 5.09. The predicted octanol–water partition coefficient (Wildman–Crippen LogP) is 3.22. The fraction of sp³-hybridized carbons (Fsp3) is 0.432. The van der Waals surface area contributed by atoms with Gasteiger partial charge in [-0.2, -0.15) is 4.98 Å². The van der Waals surface area contributed by atoms with Crippen molar-refractivity contribution in [2.75, 3.05) is 72.9 Å². The minimum absolute atomic E-state index is 0.0938. The maximum Gasteiger partial charge on any atom is 0.262 e. The Kier molecular flexibility index (Phi) is 9.04. The monoisotopic (exact) mass is 725 g/mol. The Labute approximate surface area is 306 Å². The van der Waals surface area contributed by atoms with Crippen LogP contribution in [0.4, 0.5) is 28.8 Å². The number of halogens is 1. The molecule has 5 aliphatic rings. The smallest absolute Gasteiger partial charge is 0.262 e. The molecular formula is C37H40ClN9O5. The molecule has 5 aliphatic heterocycles. The summed E-state index contributed by atoms with van der Waals surface area (Å²) in [7, 11) is 1.80. The molecule has 3 aromatic rings. The maximum absolute atomic E-state index is 13.3. The Hall–Kier alpha value is -5.08. The van der Waals surface area contributed by atoms with E-state index in [-0.39, 0.29) is 18.7 Å². The zero-order chi connectivity index (χ0) is 36.1. The summed E-state index contributed by atoms with van der Waals surface area (Å²) >= 11 is 6.51. The fourth-order valence-corrected chi connectivity index (χ4v) is 8.13. The van der Waals surface area contributed by atoms with Gasteiger partial charge in [-0.05, 0) is 73.6 Å². The molecule has 2 N–H and O–H groups in total. The van der Waals surface area contributed by atoms with Crippen molar-refractivity contribution in [2.24, 2.45) is 5.92 Å². The quantitative estimate of drug-likeness (QED) is 0.346. The van der Waals surface area contributed by atoms with Crippen LogP contribution in [0, 0.1) is 5.92 Å². The summed E-state index contributed by atoms with van der Waals surface area (Å²) < 4.78 is 0. The number of hydrogen-bond donors (Lipinski definition) is 2. The van der Waals surface area contributed by atoms with Gasteiger partial charge in [0.05, 0.1) is 17.3 Å². The van der Waals surface area contributed by atoms with Crippen molar-refractivity contribution in [3.63, 3.8) is 0 Å². The molecule has 270 valence electrons. The Morgan fingerprint density at radius 1 is 0.846 bits per heavy atom. The molecule has 14 nitrogen and oxygen atoms in total. The van der Waals surface area contributed by atoms with Crippen molar-refractivity contribution in [1.29, 1.82) is 0 Å². The molecule has 0 saturated carbocycles. The molecule has 52 heavy (non-hydrogen) atoms. The van der Waals surface area contributed by atoms with E-state index in [0.29, 0.717) is 46.7 Å². The second kappa shape index (κ2) is 13.8. The van der Waals surface area contributed by atoms with E-state index in [1.807, 2.05) is 24.3 Å². The van der Waals surface area contributed by atoms with E-state index in [1.165, 1.54) is 0 Å². The van der Waals surface area contributed by atoms with Crippen LogP contribution in [0.2, 0.25) is 5.02 Å². The van der Waals surface area contributed by atoms with E-state index >= 15 is 0 Å². The van der Waals surface area contributed by atoms with E-state index < -0.39 is 29.7 Å². The highest BCUT2D eigenvalue weighted by Gasteiger charge is 2.45. The first-order valence-corrected chi connectivity index (χ1v) is 18.3. The van der Waals surface area contributed by atoms with Gasteiger partial charge in [-0.1, -0.05) is 11.6 Å². The number of hydrogen-bond acceptors (Lipinski definition) is 11. The first kappa shape index (κ1) is 34.0. The Morgan fingerprint density at radius 2 is 1.62 bits per heavy atom. The number of piperidine rings is 2. The maximum atomic E-state index is 13.3. The molecule has 1 atom stereocenters. The van der Waals surface area contributed by atoms with Gasteiger partial charge in [0.15, 0.2) is 5.82 Å². The van der Waals surface area contributed by atoms with Gasteiger partial charge >= 0.3 is 0 Å². The number of aryl methyl sites for hydroxylation is 1. The van der Waals surface area contributed by atoms with Crippen molar-refractivity contribution in [2.45, 2.75) is 44.6 Å². The topological polar surface area (TPSA) is 151 Å². The summed E-state index contributed by atoms with van der Waals surface area (Å²) in [5, 5.41) is 6.03. The van der Waals surface area contributed by atoms with Crippen molar-refractivity contribution in [1.82, 2.24) is 25.1 Å². The molecule has 0 spiro atoms. The molecule has 0 bridgehead atoms. The number of piperazine rings is 1. The average molecular weight is 726 g/mol. The molecule has 0 radical (unpaired) electrons. The number of aromatic nitrogens is 2. The van der Waals surface area contributed by atoms with Crippen LogP contribution in [-0.4, -0.2) is 108 Å². The van der Waals surface area contributed by atoms with Crippen LogP contribution >= 0.6 is 11.6 Å². The first-order valence-electron chi connectivity index (χ1n) is 17.9. The van der Waals surface area contributed by atoms with Gasteiger partial charge in [0.1, 0.15) is 11.1 Å². The number of nitrogens with one attached hydrogen (secondary N) is 2. The van der Waals surface area contributed by atoms with Crippen LogP contribution in [0.1, 0.15) is 58.4 Å². The molecule has 5 amide bonds. The second-order valence-electron chi connectivity index (χ2n) is 14.2. The number of fused-ring (bicyclic) bond motifs is 2. The fourth-order valence-electron chi connectivity index (χ4n) is 7.99. The van der Waals surface area contributed by atoms with E-state index in [4.69, 9.17) is 16.6 Å². The highest BCUT2D eigenvalue weighted by Crippen LogP contribution is 2.34. The highest BCUT2D eigenvalue weighted by molar-refractivity contribution is 6.33. The molecule has 8 rings (SSSR count). The lowest BCUT2D eigenvalue weighted by Gasteiger charge is -2.39. The molecule has 6 heterocycles. The lowest BCUT2D eigenvalue weighted by Crippen LogP contribution is -2.54. The highest BCUT2D eigenvalue weighted by atomic mass is 35.5. The third-order valence-corrected chi connectivity index (χ3v) is 11.3. The van der Waals surface area contributed by atoms with E-state index in [0.717, 1.165) is 86.2 Å². The lowest BCUT2D eigenvalue weighted by molar-refractivity contribution is -0.136. The minimum atomic E-state index is -0.970. The average Bonchev–Trinajstić information content (AvgIpc) is 3.39. The lowest BCUT2D eigenvalue weighted by atomic mass is 9.95. The molecular weight excluding hydrogens is 686 g/mol. The largest absolute Gasteiger partial charge is 0.371 e. The third-order valence-electron chi connectivity index (χ3n) is 11.0. The van der Waals surface area contributed by atoms with Crippen LogP contribution in [0.25, 0.3) is 0 Å². The van der Waals surface area contributed by atoms with Gasteiger partial charge < -0.3 is 20.0 Å². The Morgan fingerprint density at radius 3 is 2.38 bits per heavy atom. The molecule has 3 saturated heterocycles. The molecule has 1 unspecified atom stereocenters. The summed E-state index contributed by atoms with van der Waals surface area (Å²) in [4.78, 5) is 81.5. The number of carbonyl (C=O) groups excluding carboxylic acids is 5. The van der Waals surface area contributed by atoms with Gasteiger partial charge in [-0.15, -0.1) is 0 Å². The summed E-state index contributed by atoms with van der Waals surface area (Å²) in [6, 6.07) is 10.3. The van der Waals surface area contributed by atoms with Gasteiger partial charge in [0, 0.05) is 82.8 Å². The summed E-state index contributed by atoms with van der Waals surface area (Å²) in [5.74, 6) is -0.116. The van der Waals surface area contributed by atoms with Crippen molar-refractivity contribution in [3.8, 4) is 0 Å². The molecule has 0 aliphatic carbocycles. The zero-order valence-electron chi connectivity index (χ0n) is 28.9. The van der Waals surface area contributed by atoms with Crippen LogP contribution in [0.5, 0.6) is 0 Å². The van der Waals surface area contributed by atoms with Crippen LogP contribution in [0.15, 0.2) is 42.6 Å². The second-order valence-corrected chi connectivity index (χ2v) is 14.6. The van der Waals surface area contributed by atoms with E-state index in [1.54, 1.807) is 30.3 Å². The number of rotatable bonds is 7. The number of benzene rings is 2. The minimum Gasteiger partial charge on any atom is -0.371 e. The molecule has 3 fully saturated rings.